The van der Waals surface area contributed by atoms with Crippen molar-refractivity contribution in [2.75, 3.05) is 24.2 Å². The molecule has 35 heavy (non-hydrogen) atoms. The van der Waals surface area contributed by atoms with E-state index < -0.39 is 28.5 Å². The molecule has 0 saturated heterocycles. The van der Waals surface area contributed by atoms with Gasteiger partial charge in [-0.2, -0.15) is 0 Å². The molecule has 0 heterocycles. The average molecular weight is 524 g/mol. The maximum Gasteiger partial charge on any atom is 0.244 e. The van der Waals surface area contributed by atoms with Crippen LogP contribution in [0.15, 0.2) is 42.5 Å². The minimum absolute atomic E-state index is 0.0667. The number of nitrogens with zero attached hydrogens (tertiary/aromatic N) is 2. The van der Waals surface area contributed by atoms with Gasteiger partial charge in [0, 0.05) is 17.6 Å². The maximum absolute atomic E-state index is 13.6. The number of amides is 2. The molecule has 0 bridgehead atoms. The first kappa shape index (κ1) is 28.5. The van der Waals surface area contributed by atoms with Crippen molar-refractivity contribution in [3.05, 3.63) is 58.6 Å². The number of hydrogen-bond donors (Lipinski definition) is 1. The number of methoxy groups -OCH3 is 1. The van der Waals surface area contributed by atoms with Crippen molar-refractivity contribution in [1.82, 2.24) is 10.2 Å². The molecule has 0 aliphatic heterocycles. The predicted molar refractivity (Wildman–Crippen MR) is 139 cm³/mol. The molecule has 2 rings (SSSR count). The summed E-state index contributed by atoms with van der Waals surface area (Å²) in [5.74, 6) is -0.218. The number of ether oxygens (including phenoxy) is 1. The van der Waals surface area contributed by atoms with Gasteiger partial charge in [0.1, 0.15) is 18.3 Å². The van der Waals surface area contributed by atoms with E-state index in [1.807, 2.05) is 19.9 Å². The molecule has 2 aromatic rings. The van der Waals surface area contributed by atoms with Crippen molar-refractivity contribution >= 4 is 39.1 Å². The Morgan fingerprint density at radius 3 is 2.40 bits per heavy atom. The fourth-order valence-corrected chi connectivity index (χ4v) is 4.64. The second-order valence-electron chi connectivity index (χ2n) is 8.57. The van der Waals surface area contributed by atoms with Crippen LogP contribution in [0.1, 0.15) is 38.3 Å². The van der Waals surface area contributed by atoms with Crippen LogP contribution in [0.25, 0.3) is 0 Å². The molecule has 2 aromatic carbocycles. The van der Waals surface area contributed by atoms with Gasteiger partial charge in [0.05, 0.1) is 19.1 Å². The Morgan fingerprint density at radius 1 is 1.14 bits per heavy atom. The van der Waals surface area contributed by atoms with Crippen LogP contribution < -0.4 is 14.4 Å². The lowest BCUT2D eigenvalue weighted by Gasteiger charge is -2.32. The molecule has 1 N–H and O–H groups in total. The van der Waals surface area contributed by atoms with E-state index in [4.69, 9.17) is 16.3 Å². The monoisotopic (exact) mass is 523 g/mol. The Morgan fingerprint density at radius 2 is 1.83 bits per heavy atom. The fourth-order valence-electron chi connectivity index (χ4n) is 3.51. The molecule has 0 fully saturated rings. The molecular weight excluding hydrogens is 490 g/mol. The molecule has 0 aliphatic rings. The topological polar surface area (TPSA) is 96.0 Å². The number of aryl methyl sites for hydroxylation is 1. The van der Waals surface area contributed by atoms with Crippen molar-refractivity contribution in [2.45, 2.75) is 52.7 Å². The zero-order valence-corrected chi connectivity index (χ0v) is 22.6. The standard InChI is InChI=1S/C25H34ClN3O5S/c1-7-18(3)27-25(31)19(4)28(15-20-9-8-10-22(14-20)34-5)24(30)16-29(35(6,32)33)23-12-11-21(26)13-17(23)2/h8-14,18-19H,7,15-16H2,1-6H3,(H,27,31)/t18-,19+/m1/s1. The second kappa shape index (κ2) is 12.3. The van der Waals surface area contributed by atoms with Crippen LogP contribution in [0.5, 0.6) is 5.75 Å². The van der Waals surface area contributed by atoms with Gasteiger partial charge in [0.25, 0.3) is 0 Å². The zero-order chi connectivity index (χ0) is 26.3. The number of hydrogen-bond acceptors (Lipinski definition) is 5. The molecule has 0 aromatic heterocycles. The first-order valence-corrected chi connectivity index (χ1v) is 13.6. The Balaban J connectivity index is 2.43. The third-order valence-corrected chi connectivity index (χ3v) is 7.12. The van der Waals surface area contributed by atoms with E-state index in [0.717, 1.165) is 22.5 Å². The van der Waals surface area contributed by atoms with Gasteiger partial charge in [-0.15, -0.1) is 0 Å². The van der Waals surface area contributed by atoms with E-state index in [0.29, 0.717) is 22.0 Å². The minimum Gasteiger partial charge on any atom is -0.497 e. The predicted octanol–water partition coefficient (Wildman–Crippen LogP) is 3.76. The quantitative estimate of drug-likeness (QED) is 0.484. The van der Waals surface area contributed by atoms with Crippen molar-refractivity contribution in [1.29, 1.82) is 0 Å². The van der Waals surface area contributed by atoms with Crippen LogP contribution in [-0.4, -0.2) is 57.1 Å². The summed E-state index contributed by atoms with van der Waals surface area (Å²) in [5, 5.41) is 3.36. The van der Waals surface area contributed by atoms with Crippen molar-refractivity contribution < 1.29 is 22.7 Å². The number of nitrogens with one attached hydrogen (secondary N) is 1. The Hall–Kier alpha value is -2.78. The third-order valence-electron chi connectivity index (χ3n) is 5.76. The number of rotatable bonds is 11. The zero-order valence-electron chi connectivity index (χ0n) is 21.0. The fraction of sp³-hybridized carbons (Fsp3) is 0.440. The normalized spacial score (nSPS) is 13.0. The molecule has 10 heteroatoms. The van der Waals surface area contributed by atoms with E-state index in [1.54, 1.807) is 57.4 Å². The van der Waals surface area contributed by atoms with Gasteiger partial charge < -0.3 is 15.0 Å². The molecule has 8 nitrogen and oxygen atoms in total. The molecule has 0 spiro atoms. The Labute approximate surface area is 213 Å². The lowest BCUT2D eigenvalue weighted by Crippen LogP contribution is -2.52. The van der Waals surface area contributed by atoms with Gasteiger partial charge in [-0.05, 0) is 68.7 Å². The lowest BCUT2D eigenvalue weighted by atomic mass is 10.1. The number of benzene rings is 2. The second-order valence-corrected chi connectivity index (χ2v) is 10.9. The van der Waals surface area contributed by atoms with Gasteiger partial charge in [-0.1, -0.05) is 30.7 Å². The van der Waals surface area contributed by atoms with Gasteiger partial charge in [0.2, 0.25) is 21.8 Å². The molecule has 0 saturated carbocycles. The van der Waals surface area contributed by atoms with Gasteiger partial charge in [0.15, 0.2) is 0 Å². The highest BCUT2D eigenvalue weighted by Crippen LogP contribution is 2.26. The largest absolute Gasteiger partial charge is 0.497 e. The average Bonchev–Trinajstić information content (AvgIpc) is 2.80. The van der Waals surface area contributed by atoms with E-state index >= 15 is 0 Å². The lowest BCUT2D eigenvalue weighted by molar-refractivity contribution is -0.139. The first-order chi connectivity index (χ1) is 16.4. The number of sulfonamides is 1. The molecule has 192 valence electrons. The van der Waals surface area contributed by atoms with E-state index in [9.17, 15) is 18.0 Å². The number of anilines is 1. The molecule has 0 unspecified atom stereocenters. The summed E-state index contributed by atoms with van der Waals surface area (Å²) in [6, 6.07) is 11.0. The number of carbonyl (C=O) groups excluding carboxylic acids is 2. The third kappa shape index (κ3) is 7.86. The Kier molecular flexibility index (Phi) is 9.97. The summed E-state index contributed by atoms with van der Waals surface area (Å²) >= 11 is 6.04. The summed E-state index contributed by atoms with van der Waals surface area (Å²) in [7, 11) is -2.27. The van der Waals surface area contributed by atoms with Crippen LogP contribution >= 0.6 is 11.6 Å². The van der Waals surface area contributed by atoms with Gasteiger partial charge in [-0.25, -0.2) is 8.42 Å². The summed E-state index contributed by atoms with van der Waals surface area (Å²) in [5.41, 5.74) is 1.70. The van der Waals surface area contributed by atoms with E-state index in [2.05, 4.69) is 5.32 Å². The number of halogens is 1. The molecule has 0 aliphatic carbocycles. The first-order valence-electron chi connectivity index (χ1n) is 11.3. The van der Waals surface area contributed by atoms with Gasteiger partial charge in [-0.3, -0.25) is 13.9 Å². The molecule has 0 radical (unpaired) electrons. The highest BCUT2D eigenvalue weighted by atomic mass is 35.5. The highest BCUT2D eigenvalue weighted by Gasteiger charge is 2.31. The van der Waals surface area contributed by atoms with E-state index in [1.165, 1.54) is 4.90 Å². The van der Waals surface area contributed by atoms with Crippen LogP contribution in [0.3, 0.4) is 0 Å². The number of carbonyl (C=O) groups is 2. The van der Waals surface area contributed by atoms with Crippen LogP contribution in [-0.2, 0) is 26.2 Å². The van der Waals surface area contributed by atoms with Crippen molar-refractivity contribution in [3.8, 4) is 5.75 Å². The van der Waals surface area contributed by atoms with Crippen molar-refractivity contribution in [3.63, 3.8) is 0 Å². The maximum atomic E-state index is 13.6. The van der Waals surface area contributed by atoms with E-state index in [-0.39, 0.29) is 18.5 Å². The SMILES string of the molecule is CC[C@@H](C)NC(=O)[C@H](C)N(Cc1cccc(OC)c1)C(=O)CN(c1ccc(Cl)cc1C)S(C)(=O)=O. The smallest absolute Gasteiger partial charge is 0.244 e. The van der Waals surface area contributed by atoms with Crippen molar-refractivity contribution in [2.24, 2.45) is 0 Å². The van der Waals surface area contributed by atoms with Gasteiger partial charge >= 0.3 is 0 Å². The summed E-state index contributed by atoms with van der Waals surface area (Å²) in [4.78, 5) is 27.9. The van der Waals surface area contributed by atoms with Crippen LogP contribution in [0.4, 0.5) is 5.69 Å². The summed E-state index contributed by atoms with van der Waals surface area (Å²) < 4.78 is 31.7. The Bertz CT molecular complexity index is 1160. The van der Waals surface area contributed by atoms with Crippen LogP contribution in [0, 0.1) is 6.92 Å². The minimum atomic E-state index is -3.81. The summed E-state index contributed by atoms with van der Waals surface area (Å²) in [6.07, 6.45) is 1.78. The van der Waals surface area contributed by atoms with Crippen LogP contribution in [0.2, 0.25) is 5.02 Å². The highest BCUT2D eigenvalue weighted by molar-refractivity contribution is 7.92. The summed E-state index contributed by atoms with van der Waals surface area (Å²) in [6.45, 7) is 6.82. The molecule has 2 amide bonds. The molecule has 2 atom stereocenters. The molecular formula is C25H34ClN3O5S.